The highest BCUT2D eigenvalue weighted by molar-refractivity contribution is 5.70. The summed E-state index contributed by atoms with van der Waals surface area (Å²) in [7, 11) is 0. The fourth-order valence-corrected chi connectivity index (χ4v) is 4.30. The Morgan fingerprint density at radius 2 is 1.90 bits per heavy atom. The molecule has 2 aliphatic carbocycles. The van der Waals surface area contributed by atoms with Crippen LogP contribution in [-0.4, -0.2) is 32.3 Å². The fraction of sp³-hybridized carbons (Fsp3) is 0.647. The molecule has 20 heavy (non-hydrogen) atoms. The van der Waals surface area contributed by atoms with E-state index in [1.807, 2.05) is 0 Å². The molecule has 0 spiro atoms. The van der Waals surface area contributed by atoms with Crippen LogP contribution in [0.3, 0.4) is 0 Å². The van der Waals surface area contributed by atoms with Crippen molar-refractivity contribution in [3.63, 3.8) is 0 Å². The number of hydrogen-bond acceptors (Lipinski definition) is 3. The highest BCUT2D eigenvalue weighted by atomic mass is 16.5. The average Bonchev–Trinajstić information content (AvgIpc) is 3.11. The minimum atomic E-state index is 0.705. The van der Waals surface area contributed by atoms with Crippen molar-refractivity contribution in [3.05, 3.63) is 24.3 Å². The Hall–Kier alpha value is -1.22. The first-order valence-corrected chi connectivity index (χ1v) is 8.08. The zero-order valence-corrected chi connectivity index (χ0v) is 12.1. The van der Waals surface area contributed by atoms with Crippen molar-refractivity contribution >= 4 is 11.4 Å². The van der Waals surface area contributed by atoms with Crippen LogP contribution in [0, 0.1) is 11.8 Å². The van der Waals surface area contributed by atoms with Crippen LogP contribution in [0.15, 0.2) is 24.3 Å². The summed E-state index contributed by atoms with van der Waals surface area (Å²) in [5.41, 5.74) is 2.69. The maximum Gasteiger partial charge on any atom is 0.0642 e. The van der Waals surface area contributed by atoms with Gasteiger partial charge in [-0.25, -0.2) is 0 Å². The van der Waals surface area contributed by atoms with Gasteiger partial charge in [-0.2, -0.15) is 0 Å². The normalized spacial score (nSPS) is 32.6. The molecule has 3 atom stereocenters. The van der Waals surface area contributed by atoms with Crippen LogP contribution >= 0.6 is 0 Å². The Morgan fingerprint density at radius 1 is 1.05 bits per heavy atom. The van der Waals surface area contributed by atoms with Crippen LogP contribution in [0.25, 0.3) is 0 Å². The van der Waals surface area contributed by atoms with Gasteiger partial charge in [0.2, 0.25) is 0 Å². The van der Waals surface area contributed by atoms with Crippen molar-refractivity contribution in [2.45, 2.75) is 31.7 Å². The van der Waals surface area contributed by atoms with E-state index in [1.54, 1.807) is 0 Å². The monoisotopic (exact) mass is 272 g/mol. The number of para-hydroxylation sites is 2. The van der Waals surface area contributed by atoms with Crippen LogP contribution in [-0.2, 0) is 4.74 Å². The molecule has 2 saturated carbocycles. The largest absolute Gasteiger partial charge is 0.380 e. The second-order valence-electron chi connectivity index (χ2n) is 6.54. The van der Waals surface area contributed by atoms with Crippen molar-refractivity contribution in [1.82, 2.24) is 0 Å². The summed E-state index contributed by atoms with van der Waals surface area (Å²) in [5, 5.41) is 3.86. The number of anilines is 2. The van der Waals surface area contributed by atoms with Crippen LogP contribution in [0.5, 0.6) is 0 Å². The molecular weight excluding hydrogens is 248 g/mol. The molecule has 1 aliphatic heterocycles. The molecule has 0 aromatic heterocycles. The lowest BCUT2D eigenvalue weighted by molar-refractivity contribution is 0.123. The Labute approximate surface area is 121 Å². The van der Waals surface area contributed by atoms with Crippen LogP contribution in [0.2, 0.25) is 0 Å². The molecule has 4 rings (SSSR count). The molecule has 0 radical (unpaired) electrons. The van der Waals surface area contributed by atoms with Gasteiger partial charge in [0.1, 0.15) is 0 Å². The van der Waals surface area contributed by atoms with E-state index in [2.05, 4.69) is 34.5 Å². The molecule has 1 aromatic rings. The predicted molar refractivity (Wildman–Crippen MR) is 82.3 cm³/mol. The van der Waals surface area contributed by atoms with Crippen molar-refractivity contribution in [2.24, 2.45) is 11.8 Å². The maximum absolute atomic E-state index is 5.47. The molecule has 1 N–H and O–H groups in total. The summed E-state index contributed by atoms with van der Waals surface area (Å²) in [6.07, 6.45) is 5.73. The Kier molecular flexibility index (Phi) is 3.31. The van der Waals surface area contributed by atoms with Crippen molar-refractivity contribution in [2.75, 3.05) is 36.5 Å². The summed E-state index contributed by atoms with van der Waals surface area (Å²) < 4.78 is 5.47. The van der Waals surface area contributed by atoms with Crippen molar-refractivity contribution in [1.29, 1.82) is 0 Å². The molecule has 3 fully saturated rings. The van der Waals surface area contributed by atoms with E-state index in [1.165, 1.54) is 37.1 Å². The fourth-order valence-electron chi connectivity index (χ4n) is 4.30. The quantitative estimate of drug-likeness (QED) is 0.915. The second-order valence-corrected chi connectivity index (χ2v) is 6.54. The van der Waals surface area contributed by atoms with Gasteiger partial charge in [0.15, 0.2) is 0 Å². The molecule has 108 valence electrons. The number of ether oxygens (including phenoxy) is 1. The van der Waals surface area contributed by atoms with Gasteiger partial charge in [0.25, 0.3) is 0 Å². The SMILES string of the molecule is c1ccc(N2CCOCC2)c(NC2CC3CCC2C3)c1. The molecule has 1 saturated heterocycles. The van der Waals surface area contributed by atoms with Gasteiger partial charge < -0.3 is 15.0 Å². The lowest BCUT2D eigenvalue weighted by Crippen LogP contribution is -2.37. The van der Waals surface area contributed by atoms with Gasteiger partial charge >= 0.3 is 0 Å². The first-order valence-electron chi connectivity index (χ1n) is 8.08. The Balaban J connectivity index is 1.52. The van der Waals surface area contributed by atoms with E-state index in [-0.39, 0.29) is 0 Å². The lowest BCUT2D eigenvalue weighted by atomic mass is 9.95. The number of hydrogen-bond donors (Lipinski definition) is 1. The maximum atomic E-state index is 5.47. The minimum Gasteiger partial charge on any atom is -0.380 e. The molecule has 3 aliphatic rings. The molecule has 1 aromatic carbocycles. The number of nitrogens with one attached hydrogen (secondary N) is 1. The van der Waals surface area contributed by atoms with Gasteiger partial charge in [-0.3, -0.25) is 0 Å². The van der Waals surface area contributed by atoms with E-state index in [4.69, 9.17) is 4.74 Å². The first-order chi connectivity index (χ1) is 9.90. The second kappa shape index (κ2) is 5.28. The number of fused-ring (bicyclic) bond motifs is 2. The summed E-state index contributed by atoms with van der Waals surface area (Å²) in [6, 6.07) is 9.50. The topological polar surface area (TPSA) is 24.5 Å². The zero-order valence-electron chi connectivity index (χ0n) is 12.1. The van der Waals surface area contributed by atoms with E-state index >= 15 is 0 Å². The number of rotatable bonds is 3. The smallest absolute Gasteiger partial charge is 0.0642 e. The first kappa shape index (κ1) is 12.5. The Bertz CT molecular complexity index is 470. The predicted octanol–water partition coefficient (Wildman–Crippen LogP) is 3.12. The van der Waals surface area contributed by atoms with E-state index in [0.717, 1.165) is 38.1 Å². The summed E-state index contributed by atoms with van der Waals surface area (Å²) in [5.74, 6) is 1.91. The van der Waals surface area contributed by atoms with Gasteiger partial charge in [0, 0.05) is 19.1 Å². The molecule has 3 heteroatoms. The molecule has 3 nitrogen and oxygen atoms in total. The van der Waals surface area contributed by atoms with Crippen molar-refractivity contribution in [3.8, 4) is 0 Å². The van der Waals surface area contributed by atoms with Gasteiger partial charge in [0.05, 0.1) is 24.6 Å². The Morgan fingerprint density at radius 3 is 2.65 bits per heavy atom. The summed E-state index contributed by atoms with van der Waals surface area (Å²) in [6.45, 7) is 3.72. The highest BCUT2D eigenvalue weighted by Gasteiger charge is 2.39. The van der Waals surface area contributed by atoms with Gasteiger partial charge in [-0.05, 0) is 43.2 Å². The van der Waals surface area contributed by atoms with E-state index in [0.29, 0.717) is 6.04 Å². The van der Waals surface area contributed by atoms with Crippen LogP contribution < -0.4 is 10.2 Å². The van der Waals surface area contributed by atoms with Crippen molar-refractivity contribution < 1.29 is 4.74 Å². The van der Waals surface area contributed by atoms with E-state index in [9.17, 15) is 0 Å². The third-order valence-electron chi connectivity index (χ3n) is 5.33. The molecule has 3 unspecified atom stereocenters. The summed E-state index contributed by atoms with van der Waals surface area (Å²) >= 11 is 0. The molecule has 2 bridgehead atoms. The summed E-state index contributed by atoms with van der Waals surface area (Å²) in [4.78, 5) is 2.46. The third-order valence-corrected chi connectivity index (χ3v) is 5.33. The third kappa shape index (κ3) is 2.28. The molecule has 0 amide bonds. The number of benzene rings is 1. The average molecular weight is 272 g/mol. The van der Waals surface area contributed by atoms with E-state index < -0.39 is 0 Å². The lowest BCUT2D eigenvalue weighted by Gasteiger charge is -2.32. The number of nitrogens with zero attached hydrogens (tertiary/aromatic N) is 1. The standard InChI is InChI=1S/C17H24N2O/c1-2-4-17(19-7-9-20-10-8-19)15(3-1)18-16-12-13-5-6-14(16)11-13/h1-4,13-14,16,18H,5-12H2. The van der Waals surface area contributed by atoms with Gasteiger partial charge in [-0.15, -0.1) is 0 Å². The molecular formula is C17H24N2O. The minimum absolute atomic E-state index is 0.705. The highest BCUT2D eigenvalue weighted by Crippen LogP contribution is 2.46. The van der Waals surface area contributed by atoms with Gasteiger partial charge in [-0.1, -0.05) is 18.6 Å². The number of morpholine rings is 1. The zero-order chi connectivity index (χ0) is 13.4. The van der Waals surface area contributed by atoms with Crippen LogP contribution in [0.1, 0.15) is 25.7 Å². The molecule has 1 heterocycles. The van der Waals surface area contributed by atoms with Crippen LogP contribution in [0.4, 0.5) is 11.4 Å².